The van der Waals surface area contributed by atoms with Crippen molar-refractivity contribution < 1.29 is 17.9 Å². The number of aromatic nitrogens is 1. The van der Waals surface area contributed by atoms with Gasteiger partial charge < -0.3 is 15.4 Å². The molecule has 25 heavy (non-hydrogen) atoms. The average molecular weight is 369 g/mol. The largest absolute Gasteiger partial charge is 0.481 e. The molecule has 0 saturated carbocycles. The van der Waals surface area contributed by atoms with Crippen molar-refractivity contribution in [2.45, 2.75) is 25.6 Å². The van der Waals surface area contributed by atoms with E-state index in [-0.39, 0.29) is 10.7 Å². The van der Waals surface area contributed by atoms with Gasteiger partial charge in [-0.1, -0.05) is 25.1 Å². The minimum absolute atomic E-state index is 0.0317. The Morgan fingerprint density at radius 3 is 2.44 bits per heavy atom. The van der Waals surface area contributed by atoms with Crippen LogP contribution in [-0.2, 0) is 6.18 Å². The van der Waals surface area contributed by atoms with E-state index in [9.17, 15) is 13.2 Å². The first kappa shape index (κ1) is 19.0. The average Bonchev–Trinajstić information content (AvgIpc) is 2.58. The molecule has 2 aromatic rings. The third kappa shape index (κ3) is 4.19. The van der Waals surface area contributed by atoms with Gasteiger partial charge in [-0.05, 0) is 36.3 Å². The van der Waals surface area contributed by atoms with Gasteiger partial charge in [-0.15, -0.1) is 0 Å². The number of nitrogens with zero attached hydrogens (tertiary/aromatic N) is 2. The fourth-order valence-corrected chi connectivity index (χ4v) is 2.92. The van der Waals surface area contributed by atoms with Crippen molar-refractivity contribution in [2.75, 3.05) is 12.0 Å². The van der Waals surface area contributed by atoms with Gasteiger partial charge in [-0.25, -0.2) is 4.98 Å². The van der Waals surface area contributed by atoms with Crippen molar-refractivity contribution in [1.82, 2.24) is 4.98 Å². The summed E-state index contributed by atoms with van der Waals surface area (Å²) in [6, 6.07) is 8.01. The van der Waals surface area contributed by atoms with Crippen LogP contribution in [0.4, 0.5) is 18.9 Å². The van der Waals surface area contributed by atoms with Crippen LogP contribution in [0.2, 0.25) is 0 Å². The molecule has 1 atom stereocenters. The first-order valence-corrected chi connectivity index (χ1v) is 7.95. The van der Waals surface area contributed by atoms with Gasteiger partial charge >= 0.3 is 6.18 Å². The smallest absolute Gasteiger partial charge is 0.416 e. The molecule has 1 aromatic carbocycles. The van der Waals surface area contributed by atoms with Crippen LogP contribution in [0.3, 0.4) is 0 Å². The molecule has 1 unspecified atom stereocenters. The zero-order chi connectivity index (χ0) is 18.6. The second kappa shape index (κ2) is 7.69. The van der Waals surface area contributed by atoms with Crippen LogP contribution in [0.15, 0.2) is 42.6 Å². The minimum atomic E-state index is -4.47. The molecule has 8 heteroatoms. The highest BCUT2D eigenvalue weighted by Gasteiger charge is 2.36. The van der Waals surface area contributed by atoms with E-state index in [1.807, 2.05) is 0 Å². The van der Waals surface area contributed by atoms with E-state index in [2.05, 4.69) is 4.98 Å². The third-order valence-corrected chi connectivity index (χ3v) is 3.97. The van der Waals surface area contributed by atoms with Crippen LogP contribution in [0.1, 0.15) is 30.5 Å². The van der Waals surface area contributed by atoms with Crippen molar-refractivity contribution in [3.63, 3.8) is 0 Å². The zero-order valence-electron chi connectivity index (χ0n) is 13.7. The summed E-state index contributed by atoms with van der Waals surface area (Å²) < 4.78 is 45.2. The molecule has 2 rings (SSSR count). The summed E-state index contributed by atoms with van der Waals surface area (Å²) in [6.07, 6.45) is -2.63. The Morgan fingerprint density at radius 2 is 1.96 bits per heavy atom. The molecule has 134 valence electrons. The SMILES string of the molecule is CCC(c1ccccc1C(F)(F)F)N(C(N)=S)c1ccc(OC)nc1. The summed E-state index contributed by atoms with van der Waals surface area (Å²) in [5.41, 5.74) is 5.73. The van der Waals surface area contributed by atoms with Gasteiger partial charge in [-0.3, -0.25) is 0 Å². The summed E-state index contributed by atoms with van der Waals surface area (Å²) in [6.45, 7) is 1.78. The molecule has 0 fully saturated rings. The van der Waals surface area contributed by atoms with Crippen molar-refractivity contribution in [2.24, 2.45) is 5.73 Å². The maximum Gasteiger partial charge on any atom is 0.416 e. The molecular formula is C17H18F3N3OS. The Bertz CT molecular complexity index is 735. The summed E-state index contributed by atoms with van der Waals surface area (Å²) in [7, 11) is 1.47. The van der Waals surface area contributed by atoms with Crippen molar-refractivity contribution in [3.8, 4) is 5.88 Å². The maximum atomic E-state index is 13.4. The highest BCUT2D eigenvalue weighted by molar-refractivity contribution is 7.80. The topological polar surface area (TPSA) is 51.4 Å². The highest BCUT2D eigenvalue weighted by atomic mass is 32.1. The van der Waals surface area contributed by atoms with Gasteiger partial charge in [0, 0.05) is 6.07 Å². The lowest BCUT2D eigenvalue weighted by atomic mass is 9.96. The minimum Gasteiger partial charge on any atom is -0.481 e. The fourth-order valence-electron chi connectivity index (χ4n) is 2.68. The molecule has 2 N–H and O–H groups in total. The lowest BCUT2D eigenvalue weighted by Crippen LogP contribution is -2.39. The molecule has 0 aliphatic rings. The predicted molar refractivity (Wildman–Crippen MR) is 94.5 cm³/mol. The number of halogens is 3. The first-order chi connectivity index (χ1) is 11.8. The van der Waals surface area contributed by atoms with Crippen molar-refractivity contribution in [3.05, 3.63) is 53.7 Å². The number of anilines is 1. The van der Waals surface area contributed by atoms with Crippen LogP contribution in [0, 0.1) is 0 Å². The van der Waals surface area contributed by atoms with Gasteiger partial charge in [0.1, 0.15) is 0 Å². The normalized spacial score (nSPS) is 12.5. The van der Waals surface area contributed by atoms with Crippen LogP contribution in [-0.4, -0.2) is 17.2 Å². The second-order valence-corrected chi connectivity index (χ2v) is 5.69. The maximum absolute atomic E-state index is 13.4. The Balaban J connectivity index is 2.54. The summed E-state index contributed by atoms with van der Waals surface area (Å²) in [5, 5.41) is -0.0317. The van der Waals surface area contributed by atoms with E-state index < -0.39 is 17.8 Å². The number of rotatable bonds is 5. The molecule has 1 heterocycles. The number of hydrogen-bond donors (Lipinski definition) is 1. The number of ether oxygens (including phenoxy) is 1. The summed E-state index contributed by atoms with van der Waals surface area (Å²) >= 11 is 5.10. The molecule has 0 amide bonds. The van der Waals surface area contributed by atoms with Crippen LogP contribution in [0.25, 0.3) is 0 Å². The second-order valence-electron chi connectivity index (χ2n) is 5.28. The molecule has 0 radical (unpaired) electrons. The van der Waals surface area contributed by atoms with Crippen LogP contribution < -0.4 is 15.4 Å². The zero-order valence-corrected chi connectivity index (χ0v) is 14.6. The standard InChI is InChI=1S/C17H18F3N3OS/c1-3-14(12-6-4-5-7-13(12)17(18,19)20)23(16(21)25)11-8-9-15(24-2)22-10-11/h4-10,14H,3H2,1-2H3,(H2,21,25). The predicted octanol–water partition coefficient (Wildman–Crippen LogP) is 4.31. The summed E-state index contributed by atoms with van der Waals surface area (Å²) in [4.78, 5) is 5.56. The van der Waals surface area contributed by atoms with E-state index >= 15 is 0 Å². The number of methoxy groups -OCH3 is 1. The third-order valence-electron chi connectivity index (χ3n) is 3.77. The monoisotopic (exact) mass is 369 g/mol. The van der Waals surface area contributed by atoms with Crippen LogP contribution in [0.5, 0.6) is 5.88 Å². The highest BCUT2D eigenvalue weighted by Crippen LogP contribution is 2.38. The van der Waals surface area contributed by atoms with E-state index in [0.29, 0.717) is 18.0 Å². The quantitative estimate of drug-likeness (QED) is 0.796. The van der Waals surface area contributed by atoms with Gasteiger partial charge in [0.15, 0.2) is 5.11 Å². The molecular weight excluding hydrogens is 351 g/mol. The number of nitrogens with two attached hydrogens (primary N) is 1. The fraction of sp³-hybridized carbons (Fsp3) is 0.294. The Kier molecular flexibility index (Phi) is 5.84. The molecule has 0 bridgehead atoms. The van der Waals surface area contributed by atoms with Crippen LogP contribution >= 0.6 is 12.2 Å². The van der Waals surface area contributed by atoms with E-state index in [1.165, 1.54) is 30.3 Å². The van der Waals surface area contributed by atoms with Gasteiger partial charge in [0.25, 0.3) is 0 Å². The number of benzene rings is 1. The molecule has 0 saturated heterocycles. The molecule has 0 aliphatic carbocycles. The Morgan fingerprint density at radius 1 is 1.28 bits per heavy atom. The molecule has 0 aliphatic heterocycles. The molecule has 1 aromatic heterocycles. The Labute approximate surface area is 149 Å². The lowest BCUT2D eigenvalue weighted by Gasteiger charge is -2.33. The summed E-state index contributed by atoms with van der Waals surface area (Å²) in [5.74, 6) is 0.385. The van der Waals surface area contributed by atoms with E-state index in [4.69, 9.17) is 22.7 Å². The lowest BCUT2D eigenvalue weighted by molar-refractivity contribution is -0.138. The number of hydrogen-bond acceptors (Lipinski definition) is 3. The number of alkyl halides is 3. The van der Waals surface area contributed by atoms with Crippen molar-refractivity contribution in [1.29, 1.82) is 0 Å². The van der Waals surface area contributed by atoms with Gasteiger partial charge in [-0.2, -0.15) is 13.2 Å². The van der Waals surface area contributed by atoms with Gasteiger partial charge in [0.05, 0.1) is 30.6 Å². The Hall–Kier alpha value is -2.35. The van der Waals surface area contributed by atoms with Gasteiger partial charge in [0.2, 0.25) is 5.88 Å². The number of thiocarbonyl (C=S) groups is 1. The van der Waals surface area contributed by atoms with E-state index in [1.54, 1.807) is 25.1 Å². The van der Waals surface area contributed by atoms with Crippen molar-refractivity contribution >= 4 is 23.0 Å². The molecule has 4 nitrogen and oxygen atoms in total. The number of pyridine rings is 1. The van der Waals surface area contributed by atoms with E-state index in [0.717, 1.165) is 6.07 Å². The first-order valence-electron chi connectivity index (χ1n) is 7.54. The molecule has 0 spiro atoms.